The summed E-state index contributed by atoms with van der Waals surface area (Å²) in [4.78, 5) is 30.1. The number of amides is 1. The van der Waals surface area contributed by atoms with Gasteiger partial charge in [-0.2, -0.15) is 0 Å². The van der Waals surface area contributed by atoms with Crippen molar-refractivity contribution in [2.24, 2.45) is 5.92 Å². The zero-order valence-corrected chi connectivity index (χ0v) is 18.7. The zero-order chi connectivity index (χ0) is 21.7. The van der Waals surface area contributed by atoms with Crippen LogP contribution in [0.5, 0.6) is 0 Å². The van der Waals surface area contributed by atoms with Crippen LogP contribution >= 0.6 is 11.3 Å². The van der Waals surface area contributed by atoms with Crippen molar-refractivity contribution in [3.8, 4) is 0 Å². The lowest BCUT2D eigenvalue weighted by Crippen LogP contribution is -2.42. The molecule has 1 aromatic heterocycles. The summed E-state index contributed by atoms with van der Waals surface area (Å²) < 4.78 is 6.56. The van der Waals surface area contributed by atoms with Crippen LogP contribution in [0.2, 0.25) is 0 Å². The molecule has 0 aliphatic rings. The average molecular weight is 425 g/mol. The summed E-state index contributed by atoms with van der Waals surface area (Å²) in [6.07, 6.45) is 0.402. The summed E-state index contributed by atoms with van der Waals surface area (Å²) in [6.45, 7) is 7.55. The van der Waals surface area contributed by atoms with Crippen LogP contribution in [0.4, 0.5) is 0 Å². The van der Waals surface area contributed by atoms with Crippen molar-refractivity contribution >= 4 is 33.4 Å². The summed E-state index contributed by atoms with van der Waals surface area (Å²) >= 11 is 1.57. The van der Waals surface area contributed by atoms with E-state index in [1.54, 1.807) is 11.3 Å². The number of esters is 1. The predicted molar refractivity (Wildman–Crippen MR) is 121 cm³/mol. The number of benzene rings is 2. The molecule has 1 amide bonds. The Morgan fingerprint density at radius 3 is 2.40 bits per heavy atom. The Bertz CT molecular complexity index is 982. The number of nitrogens with zero attached hydrogens (tertiary/aromatic N) is 1. The van der Waals surface area contributed by atoms with E-state index in [9.17, 15) is 9.59 Å². The molecule has 1 N–H and O–H groups in total. The van der Waals surface area contributed by atoms with Crippen molar-refractivity contribution in [3.05, 3.63) is 65.2 Å². The Labute approximate surface area is 181 Å². The molecular weight excluding hydrogens is 396 g/mol. The van der Waals surface area contributed by atoms with E-state index in [2.05, 4.69) is 5.32 Å². The van der Waals surface area contributed by atoms with Crippen molar-refractivity contribution in [1.82, 2.24) is 10.3 Å². The Morgan fingerprint density at radius 2 is 1.73 bits per heavy atom. The molecule has 0 aliphatic carbocycles. The third-order valence-corrected chi connectivity index (χ3v) is 6.46. The Kier molecular flexibility index (Phi) is 6.87. The van der Waals surface area contributed by atoms with Crippen LogP contribution in [0.25, 0.3) is 10.2 Å². The van der Waals surface area contributed by atoms with E-state index in [0.29, 0.717) is 12.3 Å². The maximum atomic E-state index is 13.2. The third-order valence-electron chi connectivity index (χ3n) is 5.43. The monoisotopic (exact) mass is 424 g/mol. The number of fused-ring (bicyclic) bond motifs is 1. The molecule has 2 atom stereocenters. The maximum absolute atomic E-state index is 13.2. The van der Waals surface area contributed by atoms with Crippen LogP contribution < -0.4 is 5.32 Å². The van der Waals surface area contributed by atoms with Gasteiger partial charge in [-0.1, -0.05) is 56.3 Å². The SMILES string of the molecule is CC(C)[C@H](C)NC(=O)COC(=O)[C@](C)(Cc1nc2ccccc2s1)c1ccccc1. The fourth-order valence-electron chi connectivity index (χ4n) is 3.15. The third kappa shape index (κ3) is 5.05. The van der Waals surface area contributed by atoms with E-state index in [0.717, 1.165) is 20.8 Å². The van der Waals surface area contributed by atoms with Gasteiger partial charge in [-0.05, 0) is 37.5 Å². The zero-order valence-electron chi connectivity index (χ0n) is 17.8. The van der Waals surface area contributed by atoms with Crippen LogP contribution in [-0.4, -0.2) is 29.5 Å². The van der Waals surface area contributed by atoms with Crippen molar-refractivity contribution in [2.45, 2.75) is 45.6 Å². The minimum Gasteiger partial charge on any atom is -0.455 e. The molecule has 158 valence electrons. The molecule has 0 spiro atoms. The summed E-state index contributed by atoms with van der Waals surface area (Å²) in [5.41, 5.74) is 0.813. The summed E-state index contributed by atoms with van der Waals surface area (Å²) in [5.74, 6) is -0.418. The van der Waals surface area contributed by atoms with E-state index >= 15 is 0 Å². The molecule has 6 heteroatoms. The Hall–Kier alpha value is -2.73. The number of thiazole rings is 1. The van der Waals surface area contributed by atoms with Gasteiger partial charge in [0, 0.05) is 12.5 Å². The van der Waals surface area contributed by atoms with E-state index < -0.39 is 11.4 Å². The lowest BCUT2D eigenvalue weighted by Gasteiger charge is -2.27. The van der Waals surface area contributed by atoms with Gasteiger partial charge in [0.1, 0.15) is 0 Å². The van der Waals surface area contributed by atoms with Gasteiger partial charge in [0.15, 0.2) is 6.61 Å². The number of para-hydroxylation sites is 1. The average Bonchev–Trinajstić information content (AvgIpc) is 3.14. The highest BCUT2D eigenvalue weighted by molar-refractivity contribution is 7.18. The minimum atomic E-state index is -0.945. The maximum Gasteiger partial charge on any atom is 0.317 e. The van der Waals surface area contributed by atoms with Gasteiger partial charge in [-0.15, -0.1) is 11.3 Å². The normalized spacial score (nSPS) is 14.3. The number of hydrogen-bond acceptors (Lipinski definition) is 5. The second-order valence-electron chi connectivity index (χ2n) is 8.13. The lowest BCUT2D eigenvalue weighted by molar-refractivity contribution is -0.154. The molecule has 0 saturated carbocycles. The molecule has 1 heterocycles. The summed E-state index contributed by atoms with van der Waals surface area (Å²) in [5, 5.41) is 3.73. The van der Waals surface area contributed by atoms with Crippen LogP contribution in [0, 0.1) is 5.92 Å². The summed E-state index contributed by atoms with van der Waals surface area (Å²) in [6, 6.07) is 17.5. The molecule has 0 fully saturated rings. The number of rotatable bonds is 8. The van der Waals surface area contributed by atoms with Crippen molar-refractivity contribution in [3.63, 3.8) is 0 Å². The van der Waals surface area contributed by atoms with Crippen LogP contribution in [0.15, 0.2) is 54.6 Å². The number of carbonyl (C=O) groups excluding carboxylic acids is 2. The van der Waals surface area contributed by atoms with Gasteiger partial charge in [0.25, 0.3) is 5.91 Å². The number of hydrogen-bond donors (Lipinski definition) is 1. The van der Waals surface area contributed by atoms with Gasteiger partial charge in [0.05, 0.1) is 20.6 Å². The first kappa shape index (κ1) is 22.0. The molecule has 2 aromatic carbocycles. The van der Waals surface area contributed by atoms with Gasteiger partial charge in [-0.3, -0.25) is 9.59 Å². The van der Waals surface area contributed by atoms with Crippen molar-refractivity contribution < 1.29 is 14.3 Å². The fraction of sp³-hybridized carbons (Fsp3) is 0.375. The highest BCUT2D eigenvalue weighted by Crippen LogP contribution is 2.33. The molecule has 0 saturated heterocycles. The van der Waals surface area contributed by atoms with Gasteiger partial charge < -0.3 is 10.1 Å². The van der Waals surface area contributed by atoms with Crippen molar-refractivity contribution in [1.29, 1.82) is 0 Å². The number of ether oxygens (including phenoxy) is 1. The predicted octanol–water partition coefficient (Wildman–Crippen LogP) is 4.50. The molecular formula is C24H28N2O3S. The van der Waals surface area contributed by atoms with E-state index in [-0.39, 0.29) is 18.6 Å². The quantitative estimate of drug-likeness (QED) is 0.541. The molecule has 5 nitrogen and oxygen atoms in total. The second-order valence-corrected chi connectivity index (χ2v) is 9.24. The molecule has 3 aromatic rings. The van der Waals surface area contributed by atoms with Crippen LogP contribution in [0.3, 0.4) is 0 Å². The molecule has 0 aliphatic heterocycles. The first-order valence-electron chi connectivity index (χ1n) is 10.2. The number of carbonyl (C=O) groups is 2. The van der Waals surface area contributed by atoms with Gasteiger partial charge >= 0.3 is 5.97 Å². The highest BCUT2D eigenvalue weighted by atomic mass is 32.1. The van der Waals surface area contributed by atoms with Gasteiger partial charge in [0.2, 0.25) is 0 Å². The molecule has 30 heavy (non-hydrogen) atoms. The molecule has 0 bridgehead atoms. The fourth-order valence-corrected chi connectivity index (χ4v) is 4.27. The number of aromatic nitrogens is 1. The topological polar surface area (TPSA) is 68.3 Å². The standard InChI is InChI=1S/C24H28N2O3S/c1-16(2)17(3)25-21(27)15-29-23(28)24(4,18-10-6-5-7-11-18)14-22-26-19-12-8-9-13-20(19)30-22/h5-13,16-17H,14-15H2,1-4H3,(H,25,27)/t17-,24+/m0/s1. The molecule has 0 unspecified atom stereocenters. The smallest absolute Gasteiger partial charge is 0.317 e. The summed E-state index contributed by atoms with van der Waals surface area (Å²) in [7, 11) is 0. The molecule has 0 radical (unpaired) electrons. The van der Waals surface area contributed by atoms with E-state index in [4.69, 9.17) is 9.72 Å². The first-order valence-corrected chi connectivity index (χ1v) is 11.0. The lowest BCUT2D eigenvalue weighted by atomic mass is 9.79. The van der Waals surface area contributed by atoms with E-state index in [1.165, 1.54) is 0 Å². The van der Waals surface area contributed by atoms with Gasteiger partial charge in [-0.25, -0.2) is 4.98 Å². The minimum absolute atomic E-state index is 0.0134. The Morgan fingerprint density at radius 1 is 1.07 bits per heavy atom. The van der Waals surface area contributed by atoms with Crippen LogP contribution in [0.1, 0.15) is 38.3 Å². The largest absolute Gasteiger partial charge is 0.455 e. The number of nitrogens with one attached hydrogen (secondary N) is 1. The second kappa shape index (κ2) is 9.39. The van der Waals surface area contributed by atoms with Crippen LogP contribution in [-0.2, 0) is 26.2 Å². The van der Waals surface area contributed by atoms with Crippen molar-refractivity contribution in [2.75, 3.05) is 6.61 Å². The highest BCUT2D eigenvalue weighted by Gasteiger charge is 2.38. The Balaban J connectivity index is 1.79. The molecule has 3 rings (SSSR count). The van der Waals surface area contributed by atoms with E-state index in [1.807, 2.05) is 82.3 Å². The first-order chi connectivity index (χ1) is 14.3.